The first kappa shape index (κ1) is 14.1. The van der Waals surface area contributed by atoms with E-state index in [0.29, 0.717) is 9.79 Å². The Hall–Kier alpha value is -0.360. The zero-order valence-corrected chi connectivity index (χ0v) is 13.6. The number of hydrogen-bond donors (Lipinski definition) is 2. The third kappa shape index (κ3) is 3.15. The molecule has 0 saturated heterocycles. The smallest absolute Gasteiger partial charge is 0.148 e. The van der Waals surface area contributed by atoms with Crippen molar-refractivity contribution in [2.75, 3.05) is 0 Å². The van der Waals surface area contributed by atoms with Crippen LogP contribution in [0.4, 0.5) is 0 Å². The summed E-state index contributed by atoms with van der Waals surface area (Å²) in [7, 11) is 0. The molecule has 0 aliphatic heterocycles. The van der Waals surface area contributed by atoms with Crippen molar-refractivity contribution in [3.8, 4) is 11.5 Å². The van der Waals surface area contributed by atoms with Gasteiger partial charge in [0.15, 0.2) is 0 Å². The molecule has 2 nitrogen and oxygen atoms in total. The molecule has 2 aromatic carbocycles. The molecule has 0 spiro atoms. The summed E-state index contributed by atoms with van der Waals surface area (Å²) in [4.78, 5) is 1.21. The van der Waals surface area contributed by atoms with E-state index in [2.05, 4.69) is 31.9 Å². The average molecular weight is 411 g/mol. The number of rotatable bonds is 2. The van der Waals surface area contributed by atoms with Crippen LogP contribution < -0.4 is 0 Å². The standard InChI is InChI=1S/C12H7Br2ClO2S/c13-6-1-2-9(16)10(4-6)18-11-5-7(14)3-8(15)12(11)17/h1-5,16-17H. The van der Waals surface area contributed by atoms with Crippen LogP contribution in [0.2, 0.25) is 5.02 Å². The highest BCUT2D eigenvalue weighted by molar-refractivity contribution is 9.10. The Bertz CT molecular complexity index is 605. The fraction of sp³-hybridized carbons (Fsp3) is 0. The Morgan fingerprint density at radius 3 is 2.33 bits per heavy atom. The molecule has 0 saturated carbocycles. The molecule has 0 aliphatic rings. The molecule has 0 unspecified atom stereocenters. The topological polar surface area (TPSA) is 40.5 Å². The van der Waals surface area contributed by atoms with Crippen molar-refractivity contribution in [2.24, 2.45) is 0 Å². The van der Waals surface area contributed by atoms with E-state index >= 15 is 0 Å². The van der Waals surface area contributed by atoms with Crippen molar-refractivity contribution in [2.45, 2.75) is 9.79 Å². The highest BCUT2D eigenvalue weighted by atomic mass is 79.9. The van der Waals surface area contributed by atoms with Gasteiger partial charge in [-0.2, -0.15) is 0 Å². The maximum Gasteiger partial charge on any atom is 0.148 e. The predicted molar refractivity (Wildman–Crippen MR) is 80.7 cm³/mol. The van der Waals surface area contributed by atoms with E-state index in [-0.39, 0.29) is 16.5 Å². The molecule has 94 valence electrons. The Morgan fingerprint density at radius 1 is 0.944 bits per heavy atom. The minimum absolute atomic E-state index is 0.00393. The van der Waals surface area contributed by atoms with Gasteiger partial charge in [-0.3, -0.25) is 0 Å². The molecular weight excluding hydrogens is 403 g/mol. The molecule has 0 bridgehead atoms. The molecule has 18 heavy (non-hydrogen) atoms. The van der Waals surface area contributed by atoms with Crippen LogP contribution in [0.15, 0.2) is 49.1 Å². The number of halogens is 3. The van der Waals surface area contributed by atoms with Crippen LogP contribution in [0.1, 0.15) is 0 Å². The van der Waals surface area contributed by atoms with Crippen LogP contribution in [0, 0.1) is 0 Å². The monoisotopic (exact) mass is 408 g/mol. The number of aromatic hydroxyl groups is 2. The predicted octanol–water partition coefficient (Wildman–Crippen LogP) is 5.43. The van der Waals surface area contributed by atoms with Crippen LogP contribution in [-0.2, 0) is 0 Å². The summed E-state index contributed by atoms with van der Waals surface area (Å²) < 4.78 is 1.62. The normalized spacial score (nSPS) is 10.6. The molecule has 2 N–H and O–H groups in total. The molecule has 0 amide bonds. The number of phenols is 2. The Morgan fingerprint density at radius 2 is 1.61 bits per heavy atom. The molecule has 0 fully saturated rings. The Balaban J connectivity index is 2.43. The first-order chi connectivity index (χ1) is 8.47. The van der Waals surface area contributed by atoms with Gasteiger partial charge >= 0.3 is 0 Å². The van der Waals surface area contributed by atoms with Crippen molar-refractivity contribution in [1.29, 1.82) is 0 Å². The highest BCUT2D eigenvalue weighted by Gasteiger charge is 2.11. The van der Waals surface area contributed by atoms with Gasteiger partial charge in [0.2, 0.25) is 0 Å². The molecule has 0 radical (unpaired) electrons. The lowest BCUT2D eigenvalue weighted by molar-refractivity contribution is 0.460. The number of phenolic OH excluding ortho intramolecular Hbond substituents is 2. The van der Waals surface area contributed by atoms with Crippen molar-refractivity contribution < 1.29 is 10.2 Å². The van der Waals surface area contributed by atoms with E-state index in [1.54, 1.807) is 30.3 Å². The molecule has 0 heterocycles. The van der Waals surface area contributed by atoms with Crippen LogP contribution in [0.25, 0.3) is 0 Å². The van der Waals surface area contributed by atoms with Crippen molar-refractivity contribution in [3.63, 3.8) is 0 Å². The molecule has 6 heteroatoms. The SMILES string of the molecule is Oc1ccc(Br)cc1Sc1cc(Br)cc(Cl)c1O. The minimum Gasteiger partial charge on any atom is -0.507 e. The maximum absolute atomic E-state index is 9.88. The maximum atomic E-state index is 9.88. The second-order valence-corrected chi connectivity index (χ2v) is 6.77. The highest BCUT2D eigenvalue weighted by Crippen LogP contribution is 2.43. The second kappa shape index (κ2) is 5.74. The quantitative estimate of drug-likeness (QED) is 0.694. The van der Waals surface area contributed by atoms with Crippen molar-refractivity contribution in [3.05, 3.63) is 44.3 Å². The molecule has 0 atom stereocenters. The number of benzene rings is 2. The van der Waals surface area contributed by atoms with E-state index in [0.717, 1.165) is 8.95 Å². The van der Waals surface area contributed by atoms with E-state index in [1.807, 2.05) is 0 Å². The van der Waals surface area contributed by atoms with Crippen molar-refractivity contribution >= 4 is 55.2 Å². The Labute approximate surface area is 130 Å². The summed E-state index contributed by atoms with van der Waals surface area (Å²) in [6.07, 6.45) is 0. The Kier molecular flexibility index (Phi) is 4.48. The van der Waals surface area contributed by atoms with E-state index < -0.39 is 0 Å². The van der Waals surface area contributed by atoms with E-state index in [4.69, 9.17) is 11.6 Å². The molecular formula is C12H7Br2ClO2S. The second-order valence-electron chi connectivity index (χ2n) is 3.45. The van der Waals surface area contributed by atoms with Gasteiger partial charge in [0.05, 0.1) is 14.8 Å². The zero-order chi connectivity index (χ0) is 13.3. The van der Waals surface area contributed by atoms with E-state index in [9.17, 15) is 10.2 Å². The molecule has 2 rings (SSSR count). The third-order valence-electron chi connectivity index (χ3n) is 2.13. The third-order valence-corrected chi connectivity index (χ3v) is 4.45. The van der Waals surface area contributed by atoms with Crippen LogP contribution >= 0.6 is 55.2 Å². The average Bonchev–Trinajstić information content (AvgIpc) is 2.30. The van der Waals surface area contributed by atoms with Gasteiger partial charge in [0.1, 0.15) is 11.5 Å². The van der Waals surface area contributed by atoms with Crippen LogP contribution in [0.5, 0.6) is 11.5 Å². The summed E-state index contributed by atoms with van der Waals surface area (Å²) in [6.45, 7) is 0. The van der Waals surface area contributed by atoms with Gasteiger partial charge in [-0.1, -0.05) is 55.2 Å². The van der Waals surface area contributed by atoms with Gasteiger partial charge in [-0.25, -0.2) is 0 Å². The number of hydrogen-bond acceptors (Lipinski definition) is 3. The lowest BCUT2D eigenvalue weighted by atomic mass is 10.3. The molecule has 0 aromatic heterocycles. The summed E-state index contributed by atoms with van der Waals surface area (Å²) >= 11 is 13.8. The first-order valence-electron chi connectivity index (χ1n) is 4.82. The van der Waals surface area contributed by atoms with Gasteiger partial charge in [-0.05, 0) is 30.3 Å². The van der Waals surface area contributed by atoms with E-state index in [1.165, 1.54) is 11.8 Å². The van der Waals surface area contributed by atoms with Crippen LogP contribution in [0.3, 0.4) is 0 Å². The molecule has 0 aliphatic carbocycles. The van der Waals surface area contributed by atoms with Crippen molar-refractivity contribution in [1.82, 2.24) is 0 Å². The lowest BCUT2D eigenvalue weighted by Gasteiger charge is -2.08. The van der Waals surface area contributed by atoms with Gasteiger partial charge < -0.3 is 10.2 Å². The lowest BCUT2D eigenvalue weighted by Crippen LogP contribution is -1.79. The zero-order valence-electron chi connectivity index (χ0n) is 8.82. The first-order valence-corrected chi connectivity index (χ1v) is 7.60. The fourth-order valence-corrected chi connectivity index (χ4v) is 3.83. The van der Waals surface area contributed by atoms with Crippen LogP contribution in [-0.4, -0.2) is 10.2 Å². The summed E-state index contributed by atoms with van der Waals surface area (Å²) in [5.41, 5.74) is 0. The van der Waals surface area contributed by atoms with Gasteiger partial charge in [0, 0.05) is 8.95 Å². The summed E-state index contributed by atoms with van der Waals surface area (Å²) in [5, 5.41) is 19.9. The minimum atomic E-state index is 0.00393. The fourth-order valence-electron chi connectivity index (χ4n) is 1.31. The molecule has 2 aromatic rings. The van der Waals surface area contributed by atoms with Gasteiger partial charge in [-0.15, -0.1) is 0 Å². The summed E-state index contributed by atoms with van der Waals surface area (Å²) in [5.74, 6) is 0.156. The van der Waals surface area contributed by atoms with Gasteiger partial charge in [0.25, 0.3) is 0 Å². The summed E-state index contributed by atoms with van der Waals surface area (Å²) in [6, 6.07) is 8.46. The largest absolute Gasteiger partial charge is 0.507 e.